The van der Waals surface area contributed by atoms with E-state index in [0.29, 0.717) is 0 Å². The predicted molar refractivity (Wildman–Crippen MR) is 45.3 cm³/mol. The average Bonchev–Trinajstić information content (AvgIpc) is 2.14. The van der Waals surface area contributed by atoms with Crippen molar-refractivity contribution in [2.24, 2.45) is 5.73 Å². The van der Waals surface area contributed by atoms with Crippen LogP contribution in [0.2, 0.25) is 0 Å². The Kier molecular flexibility index (Phi) is 3.65. The Labute approximate surface area is 83.6 Å². The molecular formula is C9H9F4NO. The molecule has 1 aromatic rings. The Morgan fingerprint density at radius 3 is 2.40 bits per heavy atom. The summed E-state index contributed by atoms with van der Waals surface area (Å²) >= 11 is 0. The highest BCUT2D eigenvalue weighted by Gasteiger charge is 2.30. The molecule has 0 aliphatic rings. The molecule has 1 aromatic carbocycles. The number of hydrogen-bond acceptors (Lipinski definition) is 2. The van der Waals surface area contributed by atoms with Crippen molar-refractivity contribution in [1.82, 2.24) is 0 Å². The van der Waals surface area contributed by atoms with Gasteiger partial charge >= 0.3 is 6.36 Å². The van der Waals surface area contributed by atoms with E-state index in [9.17, 15) is 17.6 Å². The van der Waals surface area contributed by atoms with Gasteiger partial charge in [0, 0.05) is 5.56 Å². The van der Waals surface area contributed by atoms with Crippen LogP contribution in [0.5, 0.6) is 0 Å². The van der Waals surface area contributed by atoms with Gasteiger partial charge in [0.1, 0.15) is 5.82 Å². The van der Waals surface area contributed by atoms with Crippen LogP contribution in [-0.2, 0) is 4.74 Å². The third-order valence-corrected chi connectivity index (χ3v) is 1.73. The number of halogens is 4. The number of alkyl halides is 3. The Bertz CT molecular complexity index is 326. The van der Waals surface area contributed by atoms with Gasteiger partial charge in [0.2, 0.25) is 0 Å². The summed E-state index contributed by atoms with van der Waals surface area (Å²) in [6, 6.07) is 4.23. The smallest absolute Gasteiger partial charge is 0.322 e. The van der Waals surface area contributed by atoms with Crippen molar-refractivity contribution in [1.29, 1.82) is 0 Å². The number of rotatable bonds is 3. The van der Waals surface area contributed by atoms with Crippen molar-refractivity contribution in [3.8, 4) is 0 Å². The number of hydrogen-bond donors (Lipinski definition) is 1. The minimum atomic E-state index is -4.75. The van der Waals surface area contributed by atoms with Gasteiger partial charge in [0.05, 0.1) is 12.6 Å². The fraction of sp³-hybridized carbons (Fsp3) is 0.333. The van der Waals surface area contributed by atoms with Crippen LogP contribution in [0.1, 0.15) is 11.6 Å². The summed E-state index contributed by atoms with van der Waals surface area (Å²) in [4.78, 5) is 0. The van der Waals surface area contributed by atoms with E-state index >= 15 is 0 Å². The molecular weight excluding hydrogens is 214 g/mol. The van der Waals surface area contributed by atoms with E-state index in [1.807, 2.05) is 0 Å². The van der Waals surface area contributed by atoms with Gasteiger partial charge in [-0.1, -0.05) is 18.2 Å². The third-order valence-electron chi connectivity index (χ3n) is 1.73. The van der Waals surface area contributed by atoms with Crippen molar-refractivity contribution in [2.75, 3.05) is 6.61 Å². The SMILES string of the molecule is NC(COC(F)(F)F)c1ccccc1F. The van der Waals surface area contributed by atoms with Gasteiger partial charge in [-0.15, -0.1) is 13.2 Å². The molecule has 2 nitrogen and oxygen atoms in total. The zero-order chi connectivity index (χ0) is 11.5. The molecule has 0 fully saturated rings. The lowest BCUT2D eigenvalue weighted by Crippen LogP contribution is -2.24. The topological polar surface area (TPSA) is 35.2 Å². The van der Waals surface area contributed by atoms with Gasteiger partial charge in [0.25, 0.3) is 0 Å². The van der Waals surface area contributed by atoms with E-state index in [1.165, 1.54) is 18.2 Å². The molecule has 6 heteroatoms. The van der Waals surface area contributed by atoms with E-state index in [4.69, 9.17) is 5.73 Å². The van der Waals surface area contributed by atoms with Gasteiger partial charge in [0.15, 0.2) is 0 Å². The number of ether oxygens (including phenoxy) is 1. The molecule has 1 unspecified atom stereocenters. The van der Waals surface area contributed by atoms with Crippen LogP contribution >= 0.6 is 0 Å². The normalized spacial score (nSPS) is 13.9. The highest BCUT2D eigenvalue weighted by Crippen LogP contribution is 2.20. The van der Waals surface area contributed by atoms with Crippen LogP contribution in [0.25, 0.3) is 0 Å². The van der Waals surface area contributed by atoms with Crippen molar-refractivity contribution in [3.63, 3.8) is 0 Å². The Morgan fingerprint density at radius 1 is 1.27 bits per heavy atom. The van der Waals surface area contributed by atoms with E-state index in [2.05, 4.69) is 4.74 Å². The summed E-state index contributed by atoms with van der Waals surface area (Å²) in [5, 5.41) is 0. The minimum Gasteiger partial charge on any atom is -0.322 e. The molecule has 0 aromatic heterocycles. The van der Waals surface area contributed by atoms with Crippen molar-refractivity contribution >= 4 is 0 Å². The minimum absolute atomic E-state index is 0.00162. The van der Waals surface area contributed by atoms with Crippen LogP contribution in [0, 0.1) is 5.82 Å². The van der Waals surface area contributed by atoms with Gasteiger partial charge in [-0.05, 0) is 6.07 Å². The lowest BCUT2D eigenvalue weighted by molar-refractivity contribution is -0.326. The predicted octanol–water partition coefficient (Wildman–Crippen LogP) is 2.36. The highest BCUT2D eigenvalue weighted by molar-refractivity contribution is 5.20. The lowest BCUT2D eigenvalue weighted by Gasteiger charge is -2.14. The largest absolute Gasteiger partial charge is 0.522 e. The maximum Gasteiger partial charge on any atom is 0.522 e. The highest BCUT2D eigenvalue weighted by atomic mass is 19.4. The Hall–Kier alpha value is -1.14. The van der Waals surface area contributed by atoms with Gasteiger partial charge < -0.3 is 5.73 Å². The molecule has 15 heavy (non-hydrogen) atoms. The fourth-order valence-electron chi connectivity index (χ4n) is 1.05. The second kappa shape index (κ2) is 4.59. The van der Waals surface area contributed by atoms with E-state index in [0.717, 1.165) is 6.07 Å². The van der Waals surface area contributed by atoms with Crippen molar-refractivity contribution < 1.29 is 22.3 Å². The third kappa shape index (κ3) is 3.85. The fourth-order valence-corrected chi connectivity index (χ4v) is 1.05. The first-order valence-corrected chi connectivity index (χ1v) is 4.11. The number of benzene rings is 1. The van der Waals surface area contributed by atoms with Crippen LogP contribution < -0.4 is 5.73 Å². The molecule has 0 radical (unpaired) electrons. The van der Waals surface area contributed by atoms with Gasteiger partial charge in [-0.3, -0.25) is 4.74 Å². The van der Waals surface area contributed by atoms with Crippen LogP contribution in [0.4, 0.5) is 17.6 Å². The summed E-state index contributed by atoms with van der Waals surface area (Å²) in [6.07, 6.45) is -4.75. The first-order chi connectivity index (χ1) is 6.90. The maximum absolute atomic E-state index is 13.0. The zero-order valence-electron chi connectivity index (χ0n) is 7.59. The molecule has 0 saturated carbocycles. The lowest BCUT2D eigenvalue weighted by atomic mass is 10.1. The first-order valence-electron chi connectivity index (χ1n) is 4.11. The molecule has 2 N–H and O–H groups in total. The van der Waals surface area contributed by atoms with Crippen molar-refractivity contribution in [3.05, 3.63) is 35.6 Å². The standard InChI is InChI=1S/C9H9F4NO/c10-7-4-2-1-3-6(7)8(14)5-15-9(11,12)13/h1-4,8H,5,14H2. The number of nitrogens with two attached hydrogens (primary N) is 1. The van der Waals surface area contributed by atoms with Crippen molar-refractivity contribution in [2.45, 2.75) is 12.4 Å². The molecule has 84 valence electrons. The van der Waals surface area contributed by atoms with E-state index in [1.54, 1.807) is 0 Å². The van der Waals surface area contributed by atoms with Crippen LogP contribution in [0.15, 0.2) is 24.3 Å². The summed E-state index contributed by atoms with van der Waals surface area (Å²) in [5.74, 6) is -0.643. The second-order valence-electron chi connectivity index (χ2n) is 2.88. The van der Waals surface area contributed by atoms with Gasteiger partial charge in [-0.2, -0.15) is 0 Å². The summed E-state index contributed by atoms with van der Waals surface area (Å²) in [6.45, 7) is -0.801. The molecule has 0 aliphatic heterocycles. The molecule has 1 rings (SSSR count). The molecule has 0 bridgehead atoms. The van der Waals surface area contributed by atoms with Crippen LogP contribution in [-0.4, -0.2) is 13.0 Å². The van der Waals surface area contributed by atoms with Crippen LogP contribution in [0.3, 0.4) is 0 Å². The maximum atomic E-state index is 13.0. The Morgan fingerprint density at radius 2 is 1.87 bits per heavy atom. The second-order valence-corrected chi connectivity index (χ2v) is 2.88. The summed E-state index contributed by atoms with van der Waals surface area (Å²) in [5.41, 5.74) is 5.34. The molecule has 1 atom stereocenters. The average molecular weight is 223 g/mol. The van der Waals surface area contributed by atoms with Gasteiger partial charge in [-0.25, -0.2) is 4.39 Å². The molecule has 0 heterocycles. The summed E-state index contributed by atoms with van der Waals surface area (Å²) in [7, 11) is 0. The monoisotopic (exact) mass is 223 g/mol. The first kappa shape index (κ1) is 11.9. The zero-order valence-corrected chi connectivity index (χ0v) is 7.59. The molecule has 0 spiro atoms. The summed E-state index contributed by atoms with van der Waals surface area (Å²) < 4.78 is 51.5. The molecule has 0 amide bonds. The Balaban J connectivity index is 2.62. The molecule has 0 aliphatic carbocycles. The molecule has 0 saturated heterocycles. The van der Waals surface area contributed by atoms with E-state index < -0.39 is 24.8 Å². The quantitative estimate of drug-likeness (QED) is 0.798. The van der Waals surface area contributed by atoms with E-state index in [-0.39, 0.29) is 5.56 Å².